The number of nitrogens with one attached hydrogen (secondary N) is 3. The molecular formula is C27H36N4O6. The van der Waals surface area contributed by atoms with Gasteiger partial charge in [0.2, 0.25) is 17.7 Å². The van der Waals surface area contributed by atoms with Crippen molar-refractivity contribution in [2.45, 2.75) is 89.5 Å². The molecule has 3 aliphatic heterocycles. The number of rotatable bonds is 7. The lowest BCUT2D eigenvalue weighted by atomic mass is 9.98. The molecule has 3 N–H and O–H groups in total. The van der Waals surface area contributed by atoms with E-state index in [0.29, 0.717) is 31.4 Å². The van der Waals surface area contributed by atoms with Gasteiger partial charge in [0, 0.05) is 30.5 Å². The van der Waals surface area contributed by atoms with Crippen molar-refractivity contribution in [3.8, 4) is 0 Å². The molecule has 3 fully saturated rings. The predicted molar refractivity (Wildman–Crippen MR) is 134 cm³/mol. The second-order valence-electron chi connectivity index (χ2n) is 10.4. The standard InChI is InChI=1S/C27H36N4O6/c1-16(2)23(32)29-20-9-4-3-8-19-10-11-22(31(19)26(20)35)25(34)28-15-17-6-5-7-18(14-17)24(33)30-21-12-13-37-27(21)36/h5-7,14,16,19-22H,3-4,8-13,15H2,1-2H3,(H,28,34)(H,29,32)(H,30,33)/t19-,20-,21-,22-/m0/s1. The molecule has 200 valence electrons. The smallest absolute Gasteiger partial charge is 0.328 e. The van der Waals surface area contributed by atoms with Crippen LogP contribution in [0.3, 0.4) is 0 Å². The van der Waals surface area contributed by atoms with Gasteiger partial charge in [-0.25, -0.2) is 4.79 Å². The molecule has 10 heteroatoms. The Labute approximate surface area is 216 Å². The van der Waals surface area contributed by atoms with Gasteiger partial charge in [-0.3, -0.25) is 19.2 Å². The summed E-state index contributed by atoms with van der Waals surface area (Å²) in [5.74, 6) is -1.62. The van der Waals surface area contributed by atoms with Crippen LogP contribution < -0.4 is 16.0 Å². The van der Waals surface area contributed by atoms with E-state index >= 15 is 0 Å². The van der Waals surface area contributed by atoms with E-state index in [0.717, 1.165) is 31.2 Å². The van der Waals surface area contributed by atoms with Crippen molar-refractivity contribution in [3.05, 3.63) is 35.4 Å². The van der Waals surface area contributed by atoms with E-state index in [4.69, 9.17) is 4.74 Å². The Hall–Kier alpha value is -3.43. The lowest BCUT2D eigenvalue weighted by Crippen LogP contribution is -2.56. The fourth-order valence-corrected chi connectivity index (χ4v) is 5.26. The number of carbonyl (C=O) groups is 5. The number of hydrogen-bond donors (Lipinski definition) is 3. The van der Waals surface area contributed by atoms with Crippen molar-refractivity contribution >= 4 is 29.6 Å². The van der Waals surface area contributed by atoms with E-state index in [-0.39, 0.29) is 42.1 Å². The first kappa shape index (κ1) is 26.6. The molecule has 3 aliphatic rings. The lowest BCUT2D eigenvalue weighted by molar-refractivity contribution is -0.144. The van der Waals surface area contributed by atoms with Gasteiger partial charge in [0.15, 0.2) is 0 Å². The first-order valence-corrected chi connectivity index (χ1v) is 13.2. The van der Waals surface area contributed by atoms with Crippen molar-refractivity contribution in [1.82, 2.24) is 20.9 Å². The maximum atomic E-state index is 13.5. The van der Waals surface area contributed by atoms with Gasteiger partial charge in [-0.15, -0.1) is 0 Å². The van der Waals surface area contributed by atoms with Crippen molar-refractivity contribution in [2.24, 2.45) is 5.92 Å². The number of nitrogens with zero attached hydrogens (tertiary/aromatic N) is 1. The Bertz CT molecular complexity index is 1060. The molecule has 0 radical (unpaired) electrons. The van der Waals surface area contributed by atoms with Crippen LogP contribution in [0, 0.1) is 5.92 Å². The molecule has 3 saturated heterocycles. The highest BCUT2D eigenvalue weighted by Gasteiger charge is 2.43. The summed E-state index contributed by atoms with van der Waals surface area (Å²) in [5.41, 5.74) is 1.11. The van der Waals surface area contributed by atoms with Crippen LogP contribution in [-0.4, -0.2) is 65.3 Å². The molecule has 4 rings (SSSR count). The molecule has 0 unspecified atom stereocenters. The summed E-state index contributed by atoms with van der Waals surface area (Å²) in [6.07, 6.45) is 5.02. The minimum atomic E-state index is -0.643. The van der Waals surface area contributed by atoms with Crippen LogP contribution in [0.25, 0.3) is 0 Å². The van der Waals surface area contributed by atoms with Crippen LogP contribution in [0.2, 0.25) is 0 Å². The van der Waals surface area contributed by atoms with Gasteiger partial charge in [-0.1, -0.05) is 38.8 Å². The zero-order valence-corrected chi connectivity index (χ0v) is 21.5. The molecule has 1 aromatic carbocycles. The topological polar surface area (TPSA) is 134 Å². The Balaban J connectivity index is 1.38. The van der Waals surface area contributed by atoms with E-state index < -0.39 is 24.1 Å². The minimum absolute atomic E-state index is 0.00342. The summed E-state index contributed by atoms with van der Waals surface area (Å²) in [5, 5.41) is 8.49. The number of ether oxygens (including phenoxy) is 1. The number of carbonyl (C=O) groups excluding carboxylic acids is 5. The fraction of sp³-hybridized carbons (Fsp3) is 0.593. The maximum absolute atomic E-state index is 13.5. The number of benzene rings is 1. The van der Waals surface area contributed by atoms with Crippen LogP contribution in [0.5, 0.6) is 0 Å². The SMILES string of the molecule is CC(C)C(=O)N[C@H]1CCCC[C@H]2CC[C@@H](C(=O)NCc3cccc(C(=O)N[C@H]4CCOC4=O)c3)N2C1=O. The van der Waals surface area contributed by atoms with Gasteiger partial charge in [-0.05, 0) is 43.4 Å². The van der Waals surface area contributed by atoms with Gasteiger partial charge < -0.3 is 25.6 Å². The number of cyclic esters (lactones) is 1. The first-order chi connectivity index (χ1) is 17.7. The molecule has 0 aliphatic carbocycles. The molecule has 0 saturated carbocycles. The van der Waals surface area contributed by atoms with Gasteiger partial charge >= 0.3 is 5.97 Å². The summed E-state index contributed by atoms with van der Waals surface area (Å²) in [7, 11) is 0. The zero-order valence-electron chi connectivity index (χ0n) is 21.5. The van der Waals surface area contributed by atoms with Crippen molar-refractivity contribution in [1.29, 1.82) is 0 Å². The Morgan fingerprint density at radius 1 is 1.00 bits per heavy atom. The summed E-state index contributed by atoms with van der Waals surface area (Å²) in [4.78, 5) is 64.9. The van der Waals surface area contributed by atoms with E-state index in [2.05, 4.69) is 16.0 Å². The second kappa shape index (κ2) is 11.7. The highest BCUT2D eigenvalue weighted by molar-refractivity contribution is 5.97. The molecule has 1 aromatic rings. The third-order valence-electron chi connectivity index (χ3n) is 7.38. The van der Waals surface area contributed by atoms with Gasteiger partial charge in [-0.2, -0.15) is 0 Å². The van der Waals surface area contributed by atoms with Crippen LogP contribution in [0.1, 0.15) is 74.7 Å². The summed E-state index contributed by atoms with van der Waals surface area (Å²) in [6.45, 7) is 4.07. The molecule has 4 amide bonds. The van der Waals surface area contributed by atoms with E-state index in [1.807, 2.05) is 0 Å². The average Bonchev–Trinajstić information content (AvgIpc) is 3.48. The zero-order chi connectivity index (χ0) is 26.5. The second-order valence-corrected chi connectivity index (χ2v) is 10.4. The van der Waals surface area contributed by atoms with Crippen LogP contribution in [0.4, 0.5) is 0 Å². The Morgan fingerprint density at radius 3 is 2.51 bits per heavy atom. The largest absolute Gasteiger partial charge is 0.464 e. The number of esters is 1. The Kier molecular flexibility index (Phi) is 8.45. The molecule has 0 bridgehead atoms. The minimum Gasteiger partial charge on any atom is -0.464 e. The van der Waals surface area contributed by atoms with E-state index in [9.17, 15) is 24.0 Å². The molecule has 4 atom stereocenters. The molecule has 10 nitrogen and oxygen atoms in total. The van der Waals surface area contributed by atoms with Crippen LogP contribution >= 0.6 is 0 Å². The highest BCUT2D eigenvalue weighted by Crippen LogP contribution is 2.31. The first-order valence-electron chi connectivity index (χ1n) is 13.2. The quantitative estimate of drug-likeness (QED) is 0.473. The number of hydrogen-bond acceptors (Lipinski definition) is 6. The van der Waals surface area contributed by atoms with E-state index in [1.54, 1.807) is 43.0 Å². The molecule has 37 heavy (non-hydrogen) atoms. The van der Waals surface area contributed by atoms with E-state index in [1.165, 1.54) is 0 Å². The third-order valence-corrected chi connectivity index (χ3v) is 7.38. The van der Waals surface area contributed by atoms with Gasteiger partial charge in [0.25, 0.3) is 5.91 Å². The Morgan fingerprint density at radius 2 is 1.78 bits per heavy atom. The number of fused-ring (bicyclic) bond motifs is 1. The highest BCUT2D eigenvalue weighted by atomic mass is 16.5. The summed E-state index contributed by atoms with van der Waals surface area (Å²) < 4.78 is 4.89. The summed E-state index contributed by atoms with van der Waals surface area (Å²) >= 11 is 0. The molecule has 3 heterocycles. The normalized spacial score (nSPS) is 25.6. The predicted octanol–water partition coefficient (Wildman–Crippen LogP) is 1.42. The van der Waals surface area contributed by atoms with Crippen molar-refractivity contribution < 1.29 is 28.7 Å². The monoisotopic (exact) mass is 512 g/mol. The fourth-order valence-electron chi connectivity index (χ4n) is 5.26. The molecule has 0 spiro atoms. The third kappa shape index (κ3) is 6.29. The van der Waals surface area contributed by atoms with Crippen molar-refractivity contribution in [2.75, 3.05) is 6.61 Å². The number of amides is 4. The van der Waals surface area contributed by atoms with Crippen LogP contribution in [0.15, 0.2) is 24.3 Å². The summed E-state index contributed by atoms with van der Waals surface area (Å²) in [6, 6.07) is 4.99. The van der Waals surface area contributed by atoms with Gasteiger partial charge in [0.1, 0.15) is 18.1 Å². The molecular weight excluding hydrogens is 476 g/mol. The molecule has 0 aromatic heterocycles. The van der Waals surface area contributed by atoms with Crippen LogP contribution in [-0.2, 0) is 30.5 Å². The average molecular weight is 513 g/mol. The maximum Gasteiger partial charge on any atom is 0.328 e. The van der Waals surface area contributed by atoms with Gasteiger partial charge in [0.05, 0.1) is 6.61 Å². The van der Waals surface area contributed by atoms with Crippen molar-refractivity contribution in [3.63, 3.8) is 0 Å². The lowest BCUT2D eigenvalue weighted by Gasteiger charge is -2.35.